The molecule has 1 aliphatic carbocycles. The van der Waals surface area contributed by atoms with Gasteiger partial charge in [0.25, 0.3) is 10.0 Å². The van der Waals surface area contributed by atoms with Gasteiger partial charge in [-0.1, -0.05) is 42.5 Å². The van der Waals surface area contributed by atoms with Crippen molar-refractivity contribution in [3.8, 4) is 0 Å². The van der Waals surface area contributed by atoms with Crippen molar-refractivity contribution in [3.63, 3.8) is 0 Å². The molecule has 0 saturated heterocycles. The number of para-hydroxylation sites is 1. The number of hydrogen-bond donors (Lipinski definition) is 2. The van der Waals surface area contributed by atoms with E-state index in [1.807, 2.05) is 30.3 Å². The Morgan fingerprint density at radius 3 is 2.48 bits per heavy atom. The topological polar surface area (TPSA) is 82.0 Å². The van der Waals surface area contributed by atoms with Crippen molar-refractivity contribution in [2.75, 3.05) is 18.5 Å². The first kappa shape index (κ1) is 18.2. The molecule has 1 fully saturated rings. The van der Waals surface area contributed by atoms with E-state index in [4.69, 9.17) is 0 Å². The predicted octanol–water partition coefficient (Wildman–Crippen LogP) is 2.47. The zero-order valence-electron chi connectivity index (χ0n) is 15.0. The molecule has 1 heterocycles. The molecule has 4 rings (SSSR count). The van der Waals surface area contributed by atoms with Crippen LogP contribution in [0.3, 0.4) is 0 Å². The van der Waals surface area contributed by atoms with Crippen LogP contribution in [0, 0.1) is 5.92 Å². The predicted molar refractivity (Wildman–Crippen MR) is 105 cm³/mol. The van der Waals surface area contributed by atoms with Crippen LogP contribution in [0.25, 0.3) is 0 Å². The molecule has 1 atom stereocenters. The first-order valence-electron chi connectivity index (χ1n) is 9.15. The summed E-state index contributed by atoms with van der Waals surface area (Å²) in [5.41, 5.74) is 1.67. The maximum absolute atomic E-state index is 12.5. The van der Waals surface area contributed by atoms with Crippen molar-refractivity contribution in [1.82, 2.24) is 4.90 Å². The molecule has 1 aliphatic heterocycles. The standard InChI is InChI=1S/C20H23N3O3S/c24-14-18(16-10-11-16)23(12-15-6-2-1-3-7-15)13-20-21-17-8-4-5-9-19(17)27(25,26)22-20/h1-9,16,18,24H,10-14H2,(H,21,22)/t18-/m0/s1. The maximum Gasteiger partial charge on any atom is 0.286 e. The average molecular weight is 385 g/mol. The molecule has 142 valence electrons. The van der Waals surface area contributed by atoms with Gasteiger partial charge in [-0.3, -0.25) is 4.90 Å². The molecule has 0 unspecified atom stereocenters. The maximum atomic E-state index is 12.5. The number of nitrogens with one attached hydrogen (secondary N) is 1. The van der Waals surface area contributed by atoms with Gasteiger partial charge >= 0.3 is 0 Å². The SMILES string of the molecule is O=S1(=O)N=C(CN(Cc2ccccc2)[C@@H](CO)C2CC2)Nc2ccccc21. The van der Waals surface area contributed by atoms with E-state index in [0.29, 0.717) is 30.5 Å². The zero-order valence-corrected chi connectivity index (χ0v) is 15.8. The van der Waals surface area contributed by atoms with Crippen LogP contribution < -0.4 is 5.32 Å². The van der Waals surface area contributed by atoms with E-state index in [9.17, 15) is 13.5 Å². The van der Waals surface area contributed by atoms with E-state index in [0.717, 1.165) is 18.4 Å². The van der Waals surface area contributed by atoms with Gasteiger partial charge in [-0.05, 0) is 36.5 Å². The van der Waals surface area contributed by atoms with Crippen LogP contribution >= 0.6 is 0 Å². The van der Waals surface area contributed by atoms with Gasteiger partial charge in [0, 0.05) is 12.6 Å². The number of rotatable bonds is 7. The van der Waals surface area contributed by atoms with Gasteiger partial charge in [0.05, 0.1) is 18.8 Å². The highest BCUT2D eigenvalue weighted by Crippen LogP contribution is 2.36. The Morgan fingerprint density at radius 1 is 1.07 bits per heavy atom. The summed E-state index contributed by atoms with van der Waals surface area (Å²) < 4.78 is 29.0. The minimum atomic E-state index is -3.71. The Bertz CT molecular complexity index is 940. The molecule has 2 aromatic rings. The number of hydrogen-bond acceptors (Lipinski definition) is 5. The highest BCUT2D eigenvalue weighted by atomic mass is 32.2. The summed E-state index contributed by atoms with van der Waals surface area (Å²) in [6.45, 7) is 1.02. The molecule has 6 nitrogen and oxygen atoms in total. The summed E-state index contributed by atoms with van der Waals surface area (Å²) in [4.78, 5) is 2.33. The smallest absolute Gasteiger partial charge is 0.286 e. The van der Waals surface area contributed by atoms with Crippen LogP contribution in [0.2, 0.25) is 0 Å². The quantitative estimate of drug-likeness (QED) is 0.765. The molecule has 0 radical (unpaired) electrons. The average Bonchev–Trinajstić information content (AvgIpc) is 3.48. The zero-order chi connectivity index (χ0) is 18.9. The third-order valence-electron chi connectivity index (χ3n) is 5.08. The molecule has 27 heavy (non-hydrogen) atoms. The number of aliphatic hydroxyl groups is 1. The first-order chi connectivity index (χ1) is 13.1. The molecule has 7 heteroatoms. The fourth-order valence-electron chi connectivity index (χ4n) is 3.58. The Labute approximate surface area is 159 Å². The molecule has 0 aromatic heterocycles. The lowest BCUT2D eigenvalue weighted by molar-refractivity contribution is 0.116. The van der Waals surface area contributed by atoms with Gasteiger partial charge in [0.1, 0.15) is 10.7 Å². The van der Waals surface area contributed by atoms with Crippen molar-refractivity contribution in [1.29, 1.82) is 0 Å². The third-order valence-corrected chi connectivity index (χ3v) is 6.45. The van der Waals surface area contributed by atoms with Gasteiger partial charge in [-0.25, -0.2) is 0 Å². The minimum Gasteiger partial charge on any atom is -0.395 e. The number of sulfonamides is 1. The number of nitrogens with zero attached hydrogens (tertiary/aromatic N) is 2. The van der Waals surface area contributed by atoms with Crippen molar-refractivity contribution in [3.05, 3.63) is 60.2 Å². The Hall–Kier alpha value is -2.22. The van der Waals surface area contributed by atoms with E-state index in [1.165, 1.54) is 0 Å². The van der Waals surface area contributed by atoms with Gasteiger partial charge < -0.3 is 10.4 Å². The van der Waals surface area contributed by atoms with Crippen molar-refractivity contribution in [2.45, 2.75) is 30.3 Å². The Kier molecular flexibility index (Phi) is 4.99. The molecule has 1 saturated carbocycles. The summed E-state index contributed by atoms with van der Waals surface area (Å²) in [6, 6.07) is 16.8. The number of aliphatic hydroxyl groups excluding tert-OH is 1. The third kappa shape index (κ3) is 4.05. The summed E-state index contributed by atoms with van der Waals surface area (Å²) >= 11 is 0. The summed E-state index contributed by atoms with van der Waals surface area (Å²) in [7, 11) is -3.71. The van der Waals surface area contributed by atoms with Crippen LogP contribution in [0.15, 0.2) is 63.9 Å². The number of anilines is 1. The fraction of sp³-hybridized carbons (Fsp3) is 0.350. The Morgan fingerprint density at radius 2 is 1.78 bits per heavy atom. The van der Waals surface area contributed by atoms with E-state index < -0.39 is 10.0 Å². The minimum absolute atomic E-state index is 0.00502. The van der Waals surface area contributed by atoms with Crippen LogP contribution in [0.5, 0.6) is 0 Å². The normalized spacial score (nSPS) is 19.1. The molecular formula is C20H23N3O3S. The molecule has 0 spiro atoms. The number of benzene rings is 2. The second kappa shape index (κ2) is 7.42. The van der Waals surface area contributed by atoms with Crippen molar-refractivity contribution < 1.29 is 13.5 Å². The van der Waals surface area contributed by atoms with Gasteiger partial charge in [0.15, 0.2) is 0 Å². The molecule has 0 amide bonds. The molecule has 2 aliphatic rings. The number of fused-ring (bicyclic) bond motifs is 1. The highest BCUT2D eigenvalue weighted by Gasteiger charge is 2.36. The monoisotopic (exact) mass is 385 g/mol. The van der Waals surface area contributed by atoms with Crippen LogP contribution in [0.1, 0.15) is 18.4 Å². The van der Waals surface area contributed by atoms with Crippen LogP contribution in [-0.2, 0) is 16.6 Å². The van der Waals surface area contributed by atoms with Crippen molar-refractivity contribution in [2.24, 2.45) is 10.3 Å². The van der Waals surface area contributed by atoms with E-state index >= 15 is 0 Å². The van der Waals surface area contributed by atoms with E-state index in [1.54, 1.807) is 24.3 Å². The largest absolute Gasteiger partial charge is 0.395 e. The molecule has 2 aromatic carbocycles. The van der Waals surface area contributed by atoms with Gasteiger partial charge in [-0.2, -0.15) is 8.42 Å². The lowest BCUT2D eigenvalue weighted by atomic mass is 10.1. The summed E-state index contributed by atoms with van der Waals surface area (Å²) in [5, 5.41) is 13.1. The molecule has 2 N–H and O–H groups in total. The van der Waals surface area contributed by atoms with Crippen molar-refractivity contribution >= 4 is 21.5 Å². The van der Waals surface area contributed by atoms with Gasteiger partial charge in [0.2, 0.25) is 0 Å². The molecular weight excluding hydrogens is 362 g/mol. The van der Waals surface area contributed by atoms with E-state index in [-0.39, 0.29) is 17.5 Å². The van der Waals surface area contributed by atoms with Gasteiger partial charge in [-0.15, -0.1) is 4.40 Å². The van der Waals surface area contributed by atoms with Crippen LogP contribution in [0.4, 0.5) is 5.69 Å². The Balaban J connectivity index is 1.61. The second-order valence-electron chi connectivity index (χ2n) is 7.11. The fourth-order valence-corrected chi connectivity index (χ4v) is 4.72. The lowest BCUT2D eigenvalue weighted by Crippen LogP contribution is -2.44. The van der Waals surface area contributed by atoms with Crippen LogP contribution in [-0.4, -0.2) is 43.5 Å². The van der Waals surface area contributed by atoms with E-state index in [2.05, 4.69) is 14.6 Å². The first-order valence-corrected chi connectivity index (χ1v) is 10.6. The number of amidine groups is 1. The molecule has 0 bridgehead atoms. The second-order valence-corrected chi connectivity index (χ2v) is 8.68. The summed E-state index contributed by atoms with van der Waals surface area (Å²) in [6.07, 6.45) is 2.19. The summed E-state index contributed by atoms with van der Waals surface area (Å²) in [5.74, 6) is 0.843. The lowest BCUT2D eigenvalue weighted by Gasteiger charge is -2.32. The highest BCUT2D eigenvalue weighted by molar-refractivity contribution is 7.90.